The Morgan fingerprint density at radius 1 is 1.30 bits per heavy atom. The summed E-state index contributed by atoms with van der Waals surface area (Å²) < 4.78 is 5.25. The van der Waals surface area contributed by atoms with Gasteiger partial charge >= 0.3 is 0 Å². The quantitative estimate of drug-likeness (QED) is 0.811. The lowest BCUT2D eigenvalue weighted by atomic mass is 10.1. The predicted molar refractivity (Wildman–Crippen MR) is 91.1 cm³/mol. The van der Waals surface area contributed by atoms with Crippen molar-refractivity contribution in [3.63, 3.8) is 0 Å². The Morgan fingerprint density at radius 3 is 2.83 bits per heavy atom. The molecule has 0 aliphatic carbocycles. The van der Waals surface area contributed by atoms with Crippen molar-refractivity contribution in [2.24, 2.45) is 4.99 Å². The van der Waals surface area contributed by atoms with Crippen LogP contribution in [0.4, 0.5) is 5.69 Å². The number of amidine groups is 2. The minimum absolute atomic E-state index is 0.130. The van der Waals surface area contributed by atoms with Crippen LogP contribution in [-0.2, 0) is 4.79 Å². The maximum atomic E-state index is 12.3. The lowest BCUT2D eigenvalue weighted by Crippen LogP contribution is -2.39. The van der Waals surface area contributed by atoms with E-state index in [0.29, 0.717) is 10.9 Å². The van der Waals surface area contributed by atoms with E-state index in [1.54, 1.807) is 23.1 Å². The molecule has 3 heterocycles. The molecule has 1 aromatic heterocycles. The smallest absolute Gasteiger partial charge is 0.283 e. The van der Waals surface area contributed by atoms with Gasteiger partial charge in [-0.15, -0.1) is 0 Å². The summed E-state index contributed by atoms with van der Waals surface area (Å²) in [7, 11) is 0. The van der Waals surface area contributed by atoms with Gasteiger partial charge < -0.3 is 4.42 Å². The van der Waals surface area contributed by atoms with Gasteiger partial charge in [-0.05, 0) is 67.1 Å². The molecular formula is C17H13N3O2S. The third kappa shape index (κ3) is 2.14. The second-order valence-electron chi connectivity index (χ2n) is 5.46. The number of aliphatic imine (C=N–C) groups is 1. The lowest BCUT2D eigenvalue weighted by molar-refractivity contribution is -0.113. The van der Waals surface area contributed by atoms with Gasteiger partial charge in [-0.1, -0.05) is 0 Å². The van der Waals surface area contributed by atoms with Gasteiger partial charge in [0.1, 0.15) is 11.6 Å². The first-order valence-corrected chi connectivity index (χ1v) is 7.92. The largest absolute Gasteiger partial charge is 0.465 e. The molecule has 0 radical (unpaired) electrons. The molecule has 23 heavy (non-hydrogen) atoms. The molecule has 0 atom stereocenters. The van der Waals surface area contributed by atoms with Gasteiger partial charge in [-0.2, -0.15) is 4.99 Å². The second-order valence-corrected chi connectivity index (χ2v) is 6.47. The predicted octanol–water partition coefficient (Wildman–Crippen LogP) is 3.77. The first-order valence-electron chi connectivity index (χ1n) is 7.11. The Bertz CT molecular complexity index is 910. The zero-order valence-corrected chi connectivity index (χ0v) is 13.4. The normalized spacial score (nSPS) is 18.3. The Kier molecular flexibility index (Phi) is 3.02. The zero-order valence-electron chi connectivity index (χ0n) is 12.6. The minimum Gasteiger partial charge on any atom is -0.465 e. The van der Waals surface area contributed by atoms with Crippen LogP contribution in [0.1, 0.15) is 16.9 Å². The summed E-state index contributed by atoms with van der Waals surface area (Å²) in [5.74, 6) is 0.251. The SMILES string of the molecule is Cc1cc2c(cc1C)N1C(=N)C(=Cc3ccco3)C(=O)N=C1S2. The molecule has 2 aliphatic heterocycles. The molecule has 114 valence electrons. The highest BCUT2D eigenvalue weighted by molar-refractivity contribution is 8.15. The standard InChI is InChI=1S/C17H13N3O2S/c1-9-6-13-14(7-10(9)2)23-17-19-16(21)12(15(18)20(13)17)8-11-4-3-5-22-11/h3-8,18H,1-2H3. The summed E-state index contributed by atoms with van der Waals surface area (Å²) >= 11 is 1.42. The summed E-state index contributed by atoms with van der Waals surface area (Å²) in [5.41, 5.74) is 3.46. The van der Waals surface area contributed by atoms with Crippen molar-refractivity contribution in [1.82, 2.24) is 0 Å². The molecule has 0 bridgehead atoms. The van der Waals surface area contributed by atoms with Crippen LogP contribution in [0.25, 0.3) is 6.08 Å². The van der Waals surface area contributed by atoms with Crippen molar-refractivity contribution in [1.29, 1.82) is 5.41 Å². The number of hydrogen-bond acceptors (Lipinski definition) is 4. The molecular weight excluding hydrogens is 310 g/mol. The fourth-order valence-electron chi connectivity index (χ4n) is 2.58. The Hall–Kier alpha value is -2.60. The van der Waals surface area contributed by atoms with E-state index < -0.39 is 5.91 Å². The molecule has 0 spiro atoms. The van der Waals surface area contributed by atoms with Gasteiger partial charge in [0, 0.05) is 4.90 Å². The molecule has 2 aromatic rings. The monoisotopic (exact) mass is 323 g/mol. The Labute approximate surface area is 137 Å². The average Bonchev–Trinajstić information content (AvgIpc) is 3.11. The zero-order chi connectivity index (χ0) is 16.1. The molecule has 5 nitrogen and oxygen atoms in total. The number of carbonyl (C=O) groups excluding carboxylic acids is 1. The van der Waals surface area contributed by atoms with Crippen molar-refractivity contribution in [2.75, 3.05) is 4.90 Å². The fourth-order valence-corrected chi connectivity index (χ4v) is 3.68. The fraction of sp³-hybridized carbons (Fsp3) is 0.118. The number of furan rings is 1. The second kappa shape index (κ2) is 4.96. The number of nitrogens with zero attached hydrogens (tertiary/aromatic N) is 2. The van der Waals surface area contributed by atoms with Gasteiger partial charge in [0.15, 0.2) is 5.17 Å². The number of anilines is 1. The van der Waals surface area contributed by atoms with E-state index in [2.05, 4.69) is 11.1 Å². The molecule has 6 heteroatoms. The van der Waals surface area contributed by atoms with Gasteiger partial charge in [-0.3, -0.25) is 15.1 Å². The van der Waals surface area contributed by atoms with Gasteiger partial charge in [-0.25, -0.2) is 0 Å². The van der Waals surface area contributed by atoms with Crippen molar-refractivity contribution >= 4 is 40.4 Å². The number of aryl methyl sites for hydroxylation is 2. The molecule has 2 aliphatic rings. The highest BCUT2D eigenvalue weighted by Crippen LogP contribution is 2.44. The Balaban J connectivity index is 1.84. The summed E-state index contributed by atoms with van der Waals surface area (Å²) in [4.78, 5) is 19.2. The Morgan fingerprint density at radius 2 is 2.09 bits per heavy atom. The number of amides is 1. The third-order valence-electron chi connectivity index (χ3n) is 3.94. The van der Waals surface area contributed by atoms with Crippen molar-refractivity contribution in [2.45, 2.75) is 18.7 Å². The van der Waals surface area contributed by atoms with Gasteiger partial charge in [0.2, 0.25) is 0 Å². The first-order chi connectivity index (χ1) is 11.0. The molecule has 0 fully saturated rings. The van der Waals surface area contributed by atoms with Gasteiger partial charge in [0.05, 0.1) is 17.5 Å². The number of rotatable bonds is 1. The topological polar surface area (TPSA) is 69.7 Å². The van der Waals surface area contributed by atoms with Crippen LogP contribution in [0.15, 0.2) is 50.4 Å². The van der Waals surface area contributed by atoms with Crippen molar-refractivity contribution in [3.05, 3.63) is 53.0 Å². The van der Waals surface area contributed by atoms with Crippen LogP contribution in [0.2, 0.25) is 0 Å². The highest BCUT2D eigenvalue weighted by atomic mass is 32.2. The number of benzene rings is 1. The van der Waals surface area contributed by atoms with Crippen LogP contribution in [-0.4, -0.2) is 16.9 Å². The number of thioether (sulfide) groups is 1. The molecule has 1 N–H and O–H groups in total. The van der Waals surface area contributed by atoms with Crippen LogP contribution in [0.5, 0.6) is 0 Å². The number of carbonyl (C=O) groups is 1. The highest BCUT2D eigenvalue weighted by Gasteiger charge is 2.37. The molecule has 0 unspecified atom stereocenters. The number of fused-ring (bicyclic) bond motifs is 3. The molecule has 0 saturated carbocycles. The average molecular weight is 323 g/mol. The van der Waals surface area contributed by atoms with Crippen LogP contribution >= 0.6 is 11.8 Å². The summed E-state index contributed by atoms with van der Waals surface area (Å²) in [6, 6.07) is 7.59. The van der Waals surface area contributed by atoms with Crippen LogP contribution in [0.3, 0.4) is 0 Å². The number of nitrogens with one attached hydrogen (secondary N) is 1. The van der Waals surface area contributed by atoms with E-state index in [4.69, 9.17) is 9.83 Å². The summed E-state index contributed by atoms with van der Waals surface area (Å²) in [5, 5.41) is 9.00. The van der Waals surface area contributed by atoms with E-state index in [-0.39, 0.29) is 11.4 Å². The van der Waals surface area contributed by atoms with Crippen molar-refractivity contribution < 1.29 is 9.21 Å². The summed E-state index contributed by atoms with van der Waals surface area (Å²) in [6.45, 7) is 4.09. The van der Waals surface area contributed by atoms with E-state index in [1.807, 2.05) is 19.9 Å². The van der Waals surface area contributed by atoms with Crippen LogP contribution in [0, 0.1) is 19.3 Å². The lowest BCUT2D eigenvalue weighted by Gasteiger charge is -2.24. The van der Waals surface area contributed by atoms with E-state index >= 15 is 0 Å². The first kappa shape index (κ1) is 14.0. The molecule has 1 aromatic carbocycles. The molecule has 4 rings (SSSR count). The third-order valence-corrected chi connectivity index (χ3v) is 4.95. The minimum atomic E-state index is -0.411. The number of hydrogen-bond donors (Lipinski definition) is 1. The van der Waals surface area contributed by atoms with E-state index in [0.717, 1.165) is 16.1 Å². The molecule has 1 amide bonds. The maximum absolute atomic E-state index is 12.3. The summed E-state index contributed by atoms with van der Waals surface area (Å²) in [6.07, 6.45) is 3.10. The molecule has 0 saturated heterocycles. The van der Waals surface area contributed by atoms with E-state index in [1.165, 1.54) is 23.6 Å². The van der Waals surface area contributed by atoms with Gasteiger partial charge in [0.25, 0.3) is 5.91 Å². The van der Waals surface area contributed by atoms with Crippen molar-refractivity contribution in [3.8, 4) is 0 Å². The van der Waals surface area contributed by atoms with E-state index in [9.17, 15) is 4.79 Å². The van der Waals surface area contributed by atoms with Crippen LogP contribution < -0.4 is 4.90 Å². The maximum Gasteiger partial charge on any atom is 0.283 e.